The van der Waals surface area contributed by atoms with Crippen LogP contribution in [0.25, 0.3) is 6.08 Å². The molecule has 0 saturated carbocycles. The van der Waals surface area contributed by atoms with Crippen molar-refractivity contribution in [2.75, 3.05) is 18.5 Å². The fraction of sp³-hybridized carbons (Fsp3) is 0.150. The Hall–Kier alpha value is -3.27. The molecule has 0 aliphatic carbocycles. The Kier molecular flexibility index (Phi) is 6.46. The third-order valence-electron chi connectivity index (χ3n) is 3.95. The van der Waals surface area contributed by atoms with Crippen LogP contribution in [0.2, 0.25) is 0 Å². The second-order valence-electron chi connectivity index (χ2n) is 6.04. The molecule has 3 amide bonds. The van der Waals surface area contributed by atoms with Gasteiger partial charge in [0.05, 0.1) is 17.2 Å². The highest BCUT2D eigenvalue weighted by molar-refractivity contribution is 8.18. The molecule has 30 heavy (non-hydrogen) atoms. The zero-order chi connectivity index (χ0) is 21.8. The van der Waals surface area contributed by atoms with Gasteiger partial charge in [-0.05, 0) is 54.6 Å². The van der Waals surface area contributed by atoms with Crippen molar-refractivity contribution in [2.45, 2.75) is 6.92 Å². The number of imide groups is 1. The van der Waals surface area contributed by atoms with Crippen molar-refractivity contribution in [3.63, 3.8) is 0 Å². The molecule has 0 aromatic heterocycles. The van der Waals surface area contributed by atoms with Crippen molar-refractivity contribution in [3.05, 3.63) is 64.3 Å². The van der Waals surface area contributed by atoms with E-state index < -0.39 is 46.7 Å². The predicted octanol–water partition coefficient (Wildman–Crippen LogP) is 4.18. The van der Waals surface area contributed by atoms with Crippen molar-refractivity contribution < 1.29 is 32.3 Å². The van der Waals surface area contributed by atoms with E-state index in [9.17, 15) is 27.6 Å². The number of nitrogens with zero attached hydrogens (tertiary/aromatic N) is 1. The molecule has 3 rings (SSSR count). The Bertz CT molecular complexity index is 1060. The molecule has 10 heteroatoms. The average Bonchev–Trinajstić information content (AvgIpc) is 2.96. The van der Waals surface area contributed by atoms with E-state index in [2.05, 4.69) is 0 Å². The summed E-state index contributed by atoms with van der Waals surface area (Å²) >= 11 is 0.646. The van der Waals surface area contributed by atoms with Gasteiger partial charge in [-0.25, -0.2) is 13.2 Å². The first-order valence-electron chi connectivity index (χ1n) is 8.71. The van der Waals surface area contributed by atoms with Crippen LogP contribution in [-0.4, -0.2) is 35.1 Å². The fourth-order valence-corrected chi connectivity index (χ4v) is 3.44. The number of rotatable bonds is 6. The number of halogens is 3. The van der Waals surface area contributed by atoms with Gasteiger partial charge in [0.25, 0.3) is 11.1 Å². The number of thioether (sulfide) groups is 1. The minimum Gasteiger partial charge on any atom is -0.494 e. The zero-order valence-electron chi connectivity index (χ0n) is 15.6. The van der Waals surface area contributed by atoms with Crippen LogP contribution in [0.3, 0.4) is 0 Å². The van der Waals surface area contributed by atoms with Crippen LogP contribution in [0.1, 0.15) is 12.5 Å². The lowest BCUT2D eigenvalue weighted by atomic mass is 10.2. The summed E-state index contributed by atoms with van der Waals surface area (Å²) < 4.78 is 45.3. The topological polar surface area (TPSA) is 75.7 Å². The van der Waals surface area contributed by atoms with Gasteiger partial charge >= 0.3 is 0 Å². The molecule has 1 aliphatic rings. The molecule has 0 bridgehead atoms. The summed E-state index contributed by atoms with van der Waals surface area (Å²) in [5.41, 5.74) is 0.0221. The minimum atomic E-state index is -1.74. The first kappa shape index (κ1) is 21.4. The van der Waals surface area contributed by atoms with Gasteiger partial charge in [-0.3, -0.25) is 19.3 Å². The number of carbonyl (C=O) groups excluding carboxylic acids is 3. The summed E-state index contributed by atoms with van der Waals surface area (Å²) in [6.07, 6.45) is 1.49. The van der Waals surface area contributed by atoms with Crippen LogP contribution in [0.5, 0.6) is 5.75 Å². The molecular formula is C20H15F3N2O4S. The highest BCUT2D eigenvalue weighted by atomic mass is 32.2. The number of benzene rings is 2. The Labute approximate surface area is 173 Å². The van der Waals surface area contributed by atoms with E-state index in [4.69, 9.17) is 4.74 Å². The normalized spacial score (nSPS) is 15.1. The first-order valence-corrected chi connectivity index (χ1v) is 9.53. The van der Waals surface area contributed by atoms with E-state index in [1.54, 1.807) is 24.3 Å². The quantitative estimate of drug-likeness (QED) is 0.543. The van der Waals surface area contributed by atoms with Crippen molar-refractivity contribution in [2.24, 2.45) is 0 Å². The van der Waals surface area contributed by atoms with Gasteiger partial charge < -0.3 is 10.1 Å². The van der Waals surface area contributed by atoms with E-state index in [0.29, 0.717) is 40.6 Å². The predicted molar refractivity (Wildman–Crippen MR) is 105 cm³/mol. The number of hydrogen-bond acceptors (Lipinski definition) is 5. The molecule has 0 radical (unpaired) electrons. The number of carbonyl (C=O) groups is 3. The smallest absolute Gasteiger partial charge is 0.294 e. The lowest BCUT2D eigenvalue weighted by Crippen LogP contribution is -2.36. The van der Waals surface area contributed by atoms with Gasteiger partial charge in [-0.1, -0.05) is 12.1 Å². The maximum atomic E-state index is 13.7. The van der Waals surface area contributed by atoms with E-state index in [1.165, 1.54) is 6.08 Å². The maximum Gasteiger partial charge on any atom is 0.294 e. The molecule has 1 aliphatic heterocycles. The van der Waals surface area contributed by atoms with Crippen LogP contribution in [0, 0.1) is 17.5 Å². The van der Waals surface area contributed by atoms with Crippen LogP contribution in [0.15, 0.2) is 41.3 Å². The van der Waals surface area contributed by atoms with Crippen molar-refractivity contribution in [3.8, 4) is 5.75 Å². The zero-order valence-corrected chi connectivity index (χ0v) is 16.4. The van der Waals surface area contributed by atoms with Crippen molar-refractivity contribution in [1.29, 1.82) is 0 Å². The van der Waals surface area contributed by atoms with Gasteiger partial charge in [-0.2, -0.15) is 0 Å². The summed E-state index contributed by atoms with van der Waals surface area (Å²) in [4.78, 5) is 37.5. The van der Waals surface area contributed by atoms with Gasteiger partial charge in [-0.15, -0.1) is 0 Å². The number of anilines is 1. The van der Waals surface area contributed by atoms with E-state index in [0.717, 1.165) is 6.07 Å². The summed E-state index contributed by atoms with van der Waals surface area (Å²) in [5, 5.41) is 1.33. The fourth-order valence-electron chi connectivity index (χ4n) is 2.60. The third kappa shape index (κ3) is 4.65. The van der Waals surface area contributed by atoms with Gasteiger partial charge in [0, 0.05) is 0 Å². The highest BCUT2D eigenvalue weighted by Gasteiger charge is 2.36. The van der Waals surface area contributed by atoms with Gasteiger partial charge in [0.1, 0.15) is 12.3 Å². The number of amides is 3. The van der Waals surface area contributed by atoms with E-state index >= 15 is 0 Å². The Morgan fingerprint density at radius 1 is 1.17 bits per heavy atom. The molecule has 1 saturated heterocycles. The molecule has 1 heterocycles. The lowest BCUT2D eigenvalue weighted by molar-refractivity contribution is -0.127. The standard InChI is InChI=1S/C20H15F3N2O4S/c1-2-29-12-5-3-4-11(8-12)9-15-19(27)25(20(28)30-15)10-16(26)24-14-7-6-13(21)17(22)18(14)23/h3-9H,2,10H2,1H3,(H,24,26)/b15-9-. The maximum absolute atomic E-state index is 13.7. The monoisotopic (exact) mass is 436 g/mol. The largest absolute Gasteiger partial charge is 0.494 e. The van der Waals surface area contributed by atoms with Gasteiger partial charge in [0.2, 0.25) is 5.91 Å². The number of hydrogen-bond donors (Lipinski definition) is 1. The molecule has 2 aromatic carbocycles. The molecule has 0 unspecified atom stereocenters. The van der Waals surface area contributed by atoms with Crippen molar-refractivity contribution >= 4 is 40.6 Å². The molecule has 0 atom stereocenters. The second-order valence-corrected chi connectivity index (χ2v) is 7.04. The van der Waals surface area contributed by atoms with Crippen molar-refractivity contribution in [1.82, 2.24) is 4.90 Å². The number of nitrogens with one attached hydrogen (secondary N) is 1. The van der Waals surface area contributed by atoms with Crippen LogP contribution >= 0.6 is 11.8 Å². The summed E-state index contributed by atoms with van der Waals surface area (Å²) in [5.74, 6) is -5.77. The lowest BCUT2D eigenvalue weighted by Gasteiger charge is -2.13. The Morgan fingerprint density at radius 2 is 1.93 bits per heavy atom. The summed E-state index contributed by atoms with van der Waals surface area (Å²) in [6.45, 7) is 1.59. The minimum absolute atomic E-state index is 0.0976. The molecule has 2 aromatic rings. The second kappa shape index (κ2) is 9.04. The average molecular weight is 436 g/mol. The van der Waals surface area contributed by atoms with E-state index in [-0.39, 0.29) is 4.91 Å². The van der Waals surface area contributed by atoms with E-state index in [1.807, 2.05) is 12.2 Å². The molecular weight excluding hydrogens is 421 g/mol. The SMILES string of the molecule is CCOc1cccc(/C=C2\SC(=O)N(CC(=O)Nc3ccc(F)c(F)c3F)C2=O)c1. The van der Waals surface area contributed by atoms with Gasteiger partial charge in [0.15, 0.2) is 17.5 Å². The van der Waals surface area contributed by atoms with Crippen LogP contribution < -0.4 is 10.1 Å². The first-order chi connectivity index (χ1) is 14.3. The summed E-state index contributed by atoms with van der Waals surface area (Å²) in [6, 6.07) is 8.36. The third-order valence-corrected chi connectivity index (χ3v) is 4.86. The number of ether oxygens (including phenoxy) is 1. The summed E-state index contributed by atoms with van der Waals surface area (Å²) in [7, 11) is 0. The Balaban J connectivity index is 1.71. The highest BCUT2D eigenvalue weighted by Crippen LogP contribution is 2.32. The molecule has 0 spiro atoms. The van der Waals surface area contributed by atoms with Crippen LogP contribution in [-0.2, 0) is 9.59 Å². The molecule has 156 valence electrons. The Morgan fingerprint density at radius 3 is 2.67 bits per heavy atom. The molecule has 1 N–H and O–H groups in total. The molecule has 1 fully saturated rings. The molecule has 6 nitrogen and oxygen atoms in total. The van der Waals surface area contributed by atoms with Crippen LogP contribution in [0.4, 0.5) is 23.7 Å².